The van der Waals surface area contributed by atoms with Gasteiger partial charge < -0.3 is 10.1 Å². The van der Waals surface area contributed by atoms with Gasteiger partial charge in [-0.2, -0.15) is 22.0 Å². The molecule has 8 nitrogen and oxygen atoms in total. The molecule has 0 aromatic carbocycles. The first-order chi connectivity index (χ1) is 18.4. The predicted octanol–water partition coefficient (Wildman–Crippen LogP) is 5.55. The lowest BCUT2D eigenvalue weighted by Crippen LogP contribution is -2.34. The lowest BCUT2D eigenvalue weighted by molar-refractivity contribution is -0.211. The normalized spacial score (nSPS) is 18.7. The van der Waals surface area contributed by atoms with Crippen molar-refractivity contribution >= 4 is 27.3 Å². The first-order valence-corrected chi connectivity index (χ1v) is 15.0. The highest BCUT2D eigenvalue weighted by atomic mass is 35.5. The minimum atomic E-state index is -4.55. The van der Waals surface area contributed by atoms with Crippen molar-refractivity contribution in [2.45, 2.75) is 77.3 Å². The number of imidazole rings is 1. The summed E-state index contributed by atoms with van der Waals surface area (Å²) in [6.45, 7) is 0.614. The largest absolute Gasteiger partial charge is 0.431 e. The van der Waals surface area contributed by atoms with Crippen LogP contribution in [0.2, 0.25) is 5.15 Å². The number of alkyl halides is 5. The average molecular weight is 615 g/mol. The van der Waals surface area contributed by atoms with Gasteiger partial charge in [0.15, 0.2) is 17.3 Å². The summed E-state index contributed by atoms with van der Waals surface area (Å²) < 4.78 is 96.0. The molecule has 0 unspecified atom stereocenters. The molecule has 3 rings (SSSR count). The van der Waals surface area contributed by atoms with Crippen LogP contribution in [0.3, 0.4) is 0 Å². The molecule has 1 amide bonds. The van der Waals surface area contributed by atoms with Crippen molar-refractivity contribution in [1.82, 2.24) is 19.9 Å². The first-order valence-electron chi connectivity index (χ1n) is 12.7. The Labute approximate surface area is 234 Å². The van der Waals surface area contributed by atoms with E-state index < -0.39 is 46.1 Å². The van der Waals surface area contributed by atoms with Crippen LogP contribution in [0.1, 0.15) is 68.3 Å². The van der Waals surface area contributed by atoms with Crippen molar-refractivity contribution in [2.75, 3.05) is 12.8 Å². The van der Waals surface area contributed by atoms with Gasteiger partial charge in [0.1, 0.15) is 20.8 Å². The highest BCUT2D eigenvalue weighted by Crippen LogP contribution is 2.41. The molecule has 2 aromatic rings. The number of ether oxygens (including phenoxy) is 1. The van der Waals surface area contributed by atoms with Gasteiger partial charge in [-0.1, -0.05) is 32.4 Å². The zero-order valence-corrected chi connectivity index (χ0v) is 24.1. The van der Waals surface area contributed by atoms with Crippen LogP contribution in [-0.2, 0) is 22.7 Å². The number of nitrogens with zero attached hydrogens (tertiary/aromatic N) is 3. The number of sulfone groups is 1. The fraction of sp³-hybridized carbons (Fsp3) is 0.640. The van der Waals surface area contributed by atoms with Crippen molar-refractivity contribution in [3.8, 4) is 11.6 Å². The highest BCUT2D eigenvalue weighted by Gasteiger charge is 2.47. The molecule has 0 spiro atoms. The summed E-state index contributed by atoms with van der Waals surface area (Å²) in [4.78, 5) is 21.3. The zero-order chi connectivity index (χ0) is 30.0. The number of nitrogens with one attached hydrogen (secondary N) is 1. The minimum absolute atomic E-state index is 0.0135. The predicted molar refractivity (Wildman–Crippen MR) is 139 cm³/mol. The van der Waals surface area contributed by atoms with E-state index in [2.05, 4.69) is 20.0 Å². The third-order valence-electron chi connectivity index (χ3n) is 7.10. The van der Waals surface area contributed by atoms with Gasteiger partial charge in [0, 0.05) is 25.4 Å². The van der Waals surface area contributed by atoms with Gasteiger partial charge in [-0.3, -0.25) is 9.36 Å². The van der Waals surface area contributed by atoms with Gasteiger partial charge in [-0.15, -0.1) is 0 Å². The Morgan fingerprint density at radius 1 is 1.23 bits per heavy atom. The van der Waals surface area contributed by atoms with Crippen molar-refractivity contribution in [3.05, 3.63) is 34.5 Å². The SMILES string of the molecule is CCc1nc(C(=O)NC[C@H]2CC[C@H](S(C)(=O)=O)CC2)c(Cl)n1-c1ncc(CC(C)(C)C(F)(F)F)cc1OC(F)F. The Bertz CT molecular complexity index is 1320. The fourth-order valence-electron chi connectivity index (χ4n) is 4.66. The quantitative estimate of drug-likeness (QED) is 0.352. The molecule has 0 bridgehead atoms. The smallest absolute Gasteiger partial charge is 0.394 e. The van der Waals surface area contributed by atoms with Gasteiger partial charge >= 0.3 is 12.8 Å². The van der Waals surface area contributed by atoms with Crippen LogP contribution in [0.25, 0.3) is 5.82 Å². The lowest BCUT2D eigenvalue weighted by atomic mass is 9.85. The van der Waals surface area contributed by atoms with Gasteiger partial charge in [0.2, 0.25) is 0 Å². The second-order valence-corrected chi connectivity index (χ2v) is 13.3. The maximum absolute atomic E-state index is 13.4. The summed E-state index contributed by atoms with van der Waals surface area (Å²) in [6.07, 6.45) is -0.300. The van der Waals surface area contributed by atoms with Crippen LogP contribution in [0.5, 0.6) is 5.75 Å². The van der Waals surface area contributed by atoms with E-state index in [9.17, 15) is 35.2 Å². The minimum Gasteiger partial charge on any atom is -0.431 e. The van der Waals surface area contributed by atoms with E-state index >= 15 is 0 Å². The molecule has 2 aromatic heterocycles. The number of halogens is 6. The Kier molecular flexibility index (Phi) is 9.75. The van der Waals surface area contributed by atoms with Crippen molar-refractivity contribution < 1.29 is 39.9 Å². The topological polar surface area (TPSA) is 103 Å². The van der Waals surface area contributed by atoms with Crippen LogP contribution in [0.4, 0.5) is 22.0 Å². The van der Waals surface area contributed by atoms with Crippen molar-refractivity contribution in [2.24, 2.45) is 11.3 Å². The number of carbonyl (C=O) groups excluding carboxylic acids is 1. The molecular formula is C25H32ClF5N4O4S. The number of hydrogen-bond donors (Lipinski definition) is 1. The van der Waals surface area contributed by atoms with Crippen molar-refractivity contribution in [1.29, 1.82) is 0 Å². The molecule has 224 valence electrons. The molecular weight excluding hydrogens is 583 g/mol. The molecule has 1 saturated carbocycles. The second-order valence-electron chi connectivity index (χ2n) is 10.6. The van der Waals surface area contributed by atoms with Gasteiger partial charge in [-0.05, 0) is 49.7 Å². The van der Waals surface area contributed by atoms with Crippen molar-refractivity contribution in [3.63, 3.8) is 0 Å². The number of hydrogen-bond acceptors (Lipinski definition) is 6. The van der Waals surface area contributed by atoms with E-state index in [1.165, 1.54) is 6.26 Å². The van der Waals surface area contributed by atoms with E-state index in [1.54, 1.807) is 6.92 Å². The third kappa shape index (κ3) is 7.42. The maximum atomic E-state index is 13.4. The highest BCUT2D eigenvalue weighted by molar-refractivity contribution is 7.91. The van der Waals surface area contributed by atoms with E-state index in [1.807, 2.05) is 0 Å². The number of aryl methyl sites for hydroxylation is 1. The number of rotatable bonds is 10. The molecule has 0 aliphatic heterocycles. The Hall–Kier alpha value is -2.48. The molecule has 40 heavy (non-hydrogen) atoms. The lowest BCUT2D eigenvalue weighted by Gasteiger charge is -2.28. The first kappa shape index (κ1) is 32.0. The summed E-state index contributed by atoms with van der Waals surface area (Å²) in [5, 5.41) is 2.13. The molecule has 2 heterocycles. The monoisotopic (exact) mass is 614 g/mol. The summed E-state index contributed by atoms with van der Waals surface area (Å²) in [7, 11) is -3.12. The molecule has 1 aliphatic rings. The van der Waals surface area contributed by atoms with Gasteiger partial charge in [0.25, 0.3) is 5.91 Å². The summed E-state index contributed by atoms with van der Waals surface area (Å²) in [6, 6.07) is 1.05. The molecule has 0 radical (unpaired) electrons. The summed E-state index contributed by atoms with van der Waals surface area (Å²) in [5.41, 5.74) is -2.33. The van der Waals surface area contributed by atoms with Crippen LogP contribution >= 0.6 is 11.6 Å². The summed E-state index contributed by atoms with van der Waals surface area (Å²) >= 11 is 6.48. The van der Waals surface area contributed by atoms with E-state index in [0.717, 1.165) is 30.7 Å². The molecule has 0 saturated heterocycles. The number of aromatic nitrogens is 3. The van der Waals surface area contributed by atoms with Crippen LogP contribution in [-0.4, -0.2) is 59.7 Å². The Morgan fingerprint density at radius 3 is 2.38 bits per heavy atom. The third-order valence-corrected chi connectivity index (χ3v) is 9.13. The summed E-state index contributed by atoms with van der Waals surface area (Å²) in [5.74, 6) is -1.13. The van der Waals surface area contributed by atoms with Crippen LogP contribution in [0, 0.1) is 11.3 Å². The standard InChI is InChI=1S/C25H32ClF5N4O4S/c1-5-18-34-19(22(36)33-12-14-6-8-16(9-7-14)40(4,37)38)20(26)35(18)21-17(39-23(27)28)10-15(13-32-21)11-24(2,3)25(29,30)31/h10,13-14,16,23H,5-9,11-12H2,1-4H3,(H,33,36)/t14-,16-. The Morgan fingerprint density at radius 2 is 1.85 bits per heavy atom. The number of amides is 1. The number of carbonyl (C=O) groups is 1. The molecule has 0 atom stereocenters. The Balaban J connectivity index is 1.86. The van der Waals surface area contributed by atoms with Crippen LogP contribution in [0.15, 0.2) is 12.3 Å². The maximum Gasteiger partial charge on any atom is 0.394 e. The molecule has 1 N–H and O–H groups in total. The zero-order valence-electron chi connectivity index (χ0n) is 22.5. The van der Waals surface area contributed by atoms with E-state index in [-0.39, 0.29) is 52.2 Å². The van der Waals surface area contributed by atoms with Crippen LogP contribution < -0.4 is 10.1 Å². The molecule has 1 aliphatic carbocycles. The van der Waals surface area contributed by atoms with Gasteiger partial charge in [-0.25, -0.2) is 18.4 Å². The molecule has 1 fully saturated rings. The van der Waals surface area contributed by atoms with E-state index in [4.69, 9.17) is 11.6 Å². The molecule has 15 heteroatoms. The number of pyridine rings is 1. The van der Waals surface area contributed by atoms with Gasteiger partial charge in [0.05, 0.1) is 10.7 Å². The second kappa shape index (κ2) is 12.2. The van der Waals surface area contributed by atoms with E-state index in [0.29, 0.717) is 25.7 Å². The fourth-order valence-corrected chi connectivity index (χ4v) is 6.10. The average Bonchev–Trinajstić information content (AvgIpc) is 3.17.